The van der Waals surface area contributed by atoms with E-state index >= 15 is 0 Å². The maximum absolute atomic E-state index is 12.5. The fourth-order valence-corrected chi connectivity index (χ4v) is 4.56. The van der Waals surface area contributed by atoms with Gasteiger partial charge in [0.2, 0.25) is 5.91 Å². The van der Waals surface area contributed by atoms with Gasteiger partial charge in [0, 0.05) is 33.4 Å². The molecule has 1 amide bonds. The first-order chi connectivity index (χ1) is 12.2. The van der Waals surface area contributed by atoms with Crippen molar-refractivity contribution >= 4 is 45.9 Å². The molecule has 2 aromatic carbocycles. The molecular weight excluding hydrogens is 352 g/mol. The van der Waals surface area contributed by atoms with Gasteiger partial charge in [-0.1, -0.05) is 35.7 Å². The van der Waals surface area contributed by atoms with Gasteiger partial charge in [0.15, 0.2) is 0 Å². The maximum Gasteiger partial charge on any atom is 0.238 e. The van der Waals surface area contributed by atoms with Crippen molar-refractivity contribution in [2.75, 3.05) is 10.7 Å². The van der Waals surface area contributed by atoms with Crippen LogP contribution in [0, 0.1) is 12.3 Å². The second-order valence-corrected chi connectivity index (χ2v) is 7.34. The second kappa shape index (κ2) is 6.51. The highest BCUT2D eigenvalue weighted by Gasteiger charge is 2.35. The van der Waals surface area contributed by atoms with Crippen LogP contribution in [0.3, 0.4) is 0 Å². The zero-order valence-corrected chi connectivity index (χ0v) is 14.9. The minimum atomic E-state index is -0.0717. The monoisotopic (exact) mass is 366 g/mol. The Morgan fingerprint density at radius 3 is 2.72 bits per heavy atom. The van der Waals surface area contributed by atoms with Crippen LogP contribution < -0.4 is 4.90 Å². The van der Waals surface area contributed by atoms with E-state index in [9.17, 15) is 4.79 Å². The van der Waals surface area contributed by atoms with Crippen LogP contribution in [0.5, 0.6) is 0 Å². The summed E-state index contributed by atoms with van der Waals surface area (Å²) in [5.41, 5.74) is 3.06. The summed E-state index contributed by atoms with van der Waals surface area (Å²) in [4.78, 5) is 14.4. The van der Waals surface area contributed by atoms with E-state index in [1.165, 1.54) is 0 Å². The first-order valence-electron chi connectivity index (χ1n) is 7.89. The fourth-order valence-electron chi connectivity index (χ4n) is 3.24. The topological polar surface area (TPSA) is 25.2 Å². The Morgan fingerprint density at radius 2 is 1.96 bits per heavy atom. The number of hydrogen-bond acceptors (Lipinski definition) is 2. The summed E-state index contributed by atoms with van der Waals surface area (Å²) in [6.07, 6.45) is 7.59. The number of aromatic nitrogens is 1. The first-order valence-corrected chi connectivity index (χ1v) is 9.32. The molecule has 1 aliphatic rings. The number of hydrogen-bond donors (Lipinski definition) is 0. The van der Waals surface area contributed by atoms with E-state index < -0.39 is 0 Å². The molecule has 1 atom stereocenters. The number of thioether (sulfide) groups is 1. The highest BCUT2D eigenvalue weighted by molar-refractivity contribution is 8.00. The molecule has 0 spiro atoms. The van der Waals surface area contributed by atoms with Crippen LogP contribution in [0.15, 0.2) is 54.7 Å². The van der Waals surface area contributed by atoms with Gasteiger partial charge in [-0.3, -0.25) is 9.69 Å². The third-order valence-corrected chi connectivity index (χ3v) is 5.77. The predicted octanol–water partition coefficient (Wildman–Crippen LogP) is 4.71. The van der Waals surface area contributed by atoms with Crippen molar-refractivity contribution in [2.45, 2.75) is 11.9 Å². The predicted molar refractivity (Wildman–Crippen MR) is 105 cm³/mol. The minimum absolute atomic E-state index is 0.0717. The average molecular weight is 367 g/mol. The fraction of sp³-hybridized carbons (Fsp3) is 0.150. The molecule has 0 N–H and O–H groups in total. The van der Waals surface area contributed by atoms with Crippen LogP contribution >= 0.6 is 23.4 Å². The van der Waals surface area contributed by atoms with Crippen molar-refractivity contribution in [1.82, 2.24) is 4.57 Å². The van der Waals surface area contributed by atoms with E-state index in [-0.39, 0.29) is 11.3 Å². The summed E-state index contributed by atoms with van der Waals surface area (Å²) in [5.74, 6) is 3.26. The number of terminal acetylenes is 1. The third kappa shape index (κ3) is 2.80. The molecule has 25 heavy (non-hydrogen) atoms. The molecule has 0 unspecified atom stereocenters. The number of fused-ring (bicyclic) bond motifs is 1. The SMILES string of the molecule is C#CCn1cc([C@@H]2SCC(=O)N2c2ccc(Cl)cc2)c2ccccc21. The summed E-state index contributed by atoms with van der Waals surface area (Å²) in [5, 5.41) is 1.71. The lowest BCUT2D eigenvalue weighted by Gasteiger charge is -2.24. The number of para-hydroxylation sites is 1. The molecule has 1 fully saturated rings. The van der Waals surface area contributed by atoms with E-state index in [0.29, 0.717) is 17.3 Å². The molecule has 4 rings (SSSR count). The van der Waals surface area contributed by atoms with Crippen molar-refractivity contribution in [1.29, 1.82) is 0 Å². The minimum Gasteiger partial charge on any atom is -0.335 e. The third-order valence-electron chi connectivity index (χ3n) is 4.32. The van der Waals surface area contributed by atoms with Crippen LogP contribution in [-0.2, 0) is 11.3 Å². The van der Waals surface area contributed by atoms with E-state index in [4.69, 9.17) is 18.0 Å². The summed E-state index contributed by atoms with van der Waals surface area (Å²) in [6, 6.07) is 15.6. The van der Waals surface area contributed by atoms with E-state index in [0.717, 1.165) is 22.2 Å². The molecule has 1 saturated heterocycles. The number of halogens is 1. The highest BCUT2D eigenvalue weighted by Crippen LogP contribution is 2.44. The Kier molecular flexibility index (Phi) is 4.20. The molecular formula is C20H15ClN2OS. The van der Waals surface area contributed by atoms with Gasteiger partial charge in [-0.25, -0.2) is 0 Å². The molecule has 1 aromatic heterocycles. The van der Waals surface area contributed by atoms with Crippen LogP contribution in [-0.4, -0.2) is 16.2 Å². The average Bonchev–Trinajstić information content (AvgIpc) is 3.17. The van der Waals surface area contributed by atoms with Gasteiger partial charge in [0.25, 0.3) is 0 Å². The molecule has 124 valence electrons. The van der Waals surface area contributed by atoms with Crippen LogP contribution in [0.25, 0.3) is 10.9 Å². The molecule has 5 heteroatoms. The lowest BCUT2D eigenvalue weighted by atomic mass is 10.1. The van der Waals surface area contributed by atoms with Crippen molar-refractivity contribution in [3.05, 3.63) is 65.3 Å². The van der Waals surface area contributed by atoms with Crippen LogP contribution in [0.4, 0.5) is 5.69 Å². The zero-order valence-electron chi connectivity index (χ0n) is 13.4. The zero-order chi connectivity index (χ0) is 17.4. The van der Waals surface area contributed by atoms with Gasteiger partial charge < -0.3 is 4.57 Å². The molecule has 0 radical (unpaired) electrons. The second-order valence-electron chi connectivity index (χ2n) is 5.84. The summed E-state index contributed by atoms with van der Waals surface area (Å²) >= 11 is 7.63. The summed E-state index contributed by atoms with van der Waals surface area (Å²) in [7, 11) is 0. The Labute approximate surface area is 155 Å². The van der Waals surface area contributed by atoms with Crippen molar-refractivity contribution in [2.24, 2.45) is 0 Å². The van der Waals surface area contributed by atoms with Crippen LogP contribution in [0.1, 0.15) is 10.9 Å². The lowest BCUT2D eigenvalue weighted by molar-refractivity contribution is -0.115. The normalized spacial score (nSPS) is 17.2. The molecule has 3 nitrogen and oxygen atoms in total. The van der Waals surface area contributed by atoms with E-state index in [1.54, 1.807) is 11.8 Å². The van der Waals surface area contributed by atoms with E-state index in [2.05, 4.69) is 28.8 Å². The van der Waals surface area contributed by atoms with Crippen molar-refractivity contribution in [3.8, 4) is 12.3 Å². The van der Waals surface area contributed by atoms with Crippen LogP contribution in [0.2, 0.25) is 5.02 Å². The number of benzene rings is 2. The van der Waals surface area contributed by atoms with Crippen molar-refractivity contribution in [3.63, 3.8) is 0 Å². The van der Waals surface area contributed by atoms with Gasteiger partial charge in [-0.15, -0.1) is 18.2 Å². The van der Waals surface area contributed by atoms with E-state index in [1.807, 2.05) is 41.3 Å². The molecule has 2 heterocycles. The lowest BCUT2D eigenvalue weighted by Crippen LogP contribution is -2.27. The van der Waals surface area contributed by atoms with Gasteiger partial charge in [0.05, 0.1) is 12.3 Å². The number of nitrogens with zero attached hydrogens (tertiary/aromatic N) is 2. The number of rotatable bonds is 3. The largest absolute Gasteiger partial charge is 0.335 e. The number of amides is 1. The smallest absolute Gasteiger partial charge is 0.238 e. The number of anilines is 1. The summed E-state index contributed by atoms with van der Waals surface area (Å²) < 4.78 is 2.06. The Hall–Kier alpha value is -2.35. The first kappa shape index (κ1) is 16.1. The van der Waals surface area contributed by atoms with Crippen molar-refractivity contribution < 1.29 is 4.79 Å². The number of carbonyl (C=O) groups is 1. The van der Waals surface area contributed by atoms with Gasteiger partial charge >= 0.3 is 0 Å². The molecule has 0 bridgehead atoms. The Balaban J connectivity index is 1.83. The molecule has 3 aromatic rings. The Bertz CT molecular complexity index is 987. The Morgan fingerprint density at radius 1 is 1.20 bits per heavy atom. The summed E-state index contributed by atoms with van der Waals surface area (Å²) in [6.45, 7) is 0.507. The highest BCUT2D eigenvalue weighted by atomic mass is 35.5. The molecule has 0 saturated carbocycles. The molecule has 0 aliphatic carbocycles. The number of carbonyl (C=O) groups excluding carboxylic acids is 1. The quantitative estimate of drug-likeness (QED) is 0.627. The van der Waals surface area contributed by atoms with Gasteiger partial charge in [0.1, 0.15) is 5.37 Å². The standard InChI is InChI=1S/C20H15ClN2OS/c1-2-11-22-12-17(16-5-3-4-6-18(16)22)20-23(19(24)13-25-20)15-9-7-14(21)8-10-15/h1,3-10,12,20H,11,13H2/t20-/m0/s1. The molecule has 1 aliphatic heterocycles. The maximum atomic E-state index is 12.5. The van der Waals surface area contributed by atoms with Gasteiger partial charge in [-0.2, -0.15) is 0 Å². The van der Waals surface area contributed by atoms with Gasteiger partial charge in [-0.05, 0) is 30.3 Å².